The van der Waals surface area contributed by atoms with Gasteiger partial charge in [-0.05, 0) is 53.4 Å². The molecule has 0 unspecified atom stereocenters. The van der Waals surface area contributed by atoms with Crippen LogP contribution in [0.2, 0.25) is 5.28 Å². The summed E-state index contributed by atoms with van der Waals surface area (Å²) in [4.78, 5) is 8.80. The summed E-state index contributed by atoms with van der Waals surface area (Å²) in [7, 11) is 3.21. The summed E-state index contributed by atoms with van der Waals surface area (Å²) in [6.07, 6.45) is 2.54. The van der Waals surface area contributed by atoms with Crippen LogP contribution in [0.15, 0.2) is 48.5 Å². The van der Waals surface area contributed by atoms with Crippen molar-refractivity contribution < 1.29 is 9.47 Å². The number of hydrogen-bond acceptors (Lipinski definition) is 5. The van der Waals surface area contributed by atoms with Crippen molar-refractivity contribution in [2.45, 2.75) is 18.8 Å². The average Bonchev–Trinajstić information content (AvgIpc) is 3.58. The molecule has 29 heavy (non-hydrogen) atoms. The number of rotatable bonds is 5. The monoisotopic (exact) mass is 405 g/mol. The summed E-state index contributed by atoms with van der Waals surface area (Å²) in [5.41, 5.74) is 3.09. The highest BCUT2D eigenvalue weighted by Gasteiger charge is 2.25. The van der Waals surface area contributed by atoms with E-state index < -0.39 is 0 Å². The Hall–Kier alpha value is -3.05. The second-order valence-electron chi connectivity index (χ2n) is 7.21. The molecule has 0 radical (unpaired) electrons. The first-order valence-electron chi connectivity index (χ1n) is 9.56. The Morgan fingerprint density at radius 2 is 1.62 bits per heavy atom. The van der Waals surface area contributed by atoms with Gasteiger partial charge in [0.25, 0.3) is 0 Å². The third-order valence-corrected chi connectivity index (χ3v) is 5.57. The first-order valence-corrected chi connectivity index (χ1v) is 9.93. The maximum Gasteiger partial charge on any atom is 0.224 e. The van der Waals surface area contributed by atoms with E-state index in [4.69, 9.17) is 21.1 Å². The van der Waals surface area contributed by atoms with E-state index in [2.05, 4.69) is 51.7 Å². The van der Waals surface area contributed by atoms with Crippen molar-refractivity contribution in [1.29, 1.82) is 0 Å². The van der Waals surface area contributed by atoms with Crippen LogP contribution in [0.25, 0.3) is 21.7 Å². The summed E-state index contributed by atoms with van der Waals surface area (Å²) < 4.78 is 10.9. The maximum absolute atomic E-state index is 6.22. The number of benzene rings is 3. The molecule has 1 heterocycles. The molecule has 1 fully saturated rings. The summed E-state index contributed by atoms with van der Waals surface area (Å²) >= 11 is 6.22. The van der Waals surface area contributed by atoms with Crippen LogP contribution in [0.5, 0.6) is 11.5 Å². The summed E-state index contributed by atoms with van der Waals surface area (Å²) in [6, 6.07) is 16.5. The molecule has 0 saturated heterocycles. The van der Waals surface area contributed by atoms with E-state index in [1.54, 1.807) is 20.3 Å². The SMILES string of the molecule is COc1cc2nc(Cl)nc(Nc3ccc(C4CC4)c4ccccc34)c2cc1OC. The molecule has 1 saturated carbocycles. The van der Waals surface area contributed by atoms with Crippen molar-refractivity contribution in [1.82, 2.24) is 9.97 Å². The number of fused-ring (bicyclic) bond motifs is 2. The van der Waals surface area contributed by atoms with Crippen LogP contribution in [0.1, 0.15) is 24.3 Å². The third-order valence-electron chi connectivity index (χ3n) is 5.40. The predicted octanol–water partition coefficient (Wildman–Crippen LogP) is 6.07. The van der Waals surface area contributed by atoms with E-state index in [1.165, 1.54) is 29.2 Å². The van der Waals surface area contributed by atoms with E-state index in [1.807, 2.05) is 6.07 Å². The van der Waals surface area contributed by atoms with Gasteiger partial charge in [0.05, 0.1) is 19.7 Å². The highest BCUT2D eigenvalue weighted by atomic mass is 35.5. The molecular weight excluding hydrogens is 386 g/mol. The van der Waals surface area contributed by atoms with Gasteiger partial charge in [0, 0.05) is 22.5 Å². The third kappa shape index (κ3) is 3.21. The van der Waals surface area contributed by atoms with Gasteiger partial charge in [-0.3, -0.25) is 0 Å². The number of halogens is 1. The van der Waals surface area contributed by atoms with Crippen LogP contribution >= 0.6 is 11.6 Å². The zero-order valence-corrected chi connectivity index (χ0v) is 17.0. The number of anilines is 2. The van der Waals surface area contributed by atoms with E-state index in [9.17, 15) is 0 Å². The smallest absolute Gasteiger partial charge is 0.224 e. The fourth-order valence-corrected chi connectivity index (χ4v) is 4.01. The predicted molar refractivity (Wildman–Crippen MR) is 117 cm³/mol. The standard InChI is InChI=1S/C23H20ClN3O2/c1-28-20-11-17-19(12-21(20)29-2)26-23(24)27-22(17)25-18-10-9-14(13-7-8-13)15-5-3-4-6-16(15)18/h3-6,9-13H,7-8H2,1-2H3,(H,25,26,27). The fraction of sp³-hybridized carbons (Fsp3) is 0.217. The highest BCUT2D eigenvalue weighted by molar-refractivity contribution is 6.29. The molecule has 0 bridgehead atoms. The fourth-order valence-electron chi connectivity index (χ4n) is 3.83. The van der Waals surface area contributed by atoms with Gasteiger partial charge in [0.1, 0.15) is 5.82 Å². The van der Waals surface area contributed by atoms with Gasteiger partial charge >= 0.3 is 0 Å². The second kappa shape index (κ2) is 7.08. The van der Waals surface area contributed by atoms with Crippen LogP contribution in [0.3, 0.4) is 0 Å². The Balaban J connectivity index is 1.66. The Morgan fingerprint density at radius 3 is 2.34 bits per heavy atom. The number of hydrogen-bond donors (Lipinski definition) is 1. The lowest BCUT2D eigenvalue weighted by atomic mass is 9.99. The number of methoxy groups -OCH3 is 2. The second-order valence-corrected chi connectivity index (χ2v) is 7.55. The van der Waals surface area contributed by atoms with E-state index in [-0.39, 0.29) is 5.28 Å². The molecule has 0 spiro atoms. The lowest BCUT2D eigenvalue weighted by molar-refractivity contribution is 0.356. The average molecular weight is 406 g/mol. The number of nitrogens with zero attached hydrogens (tertiary/aromatic N) is 2. The van der Waals surface area contributed by atoms with Crippen molar-refractivity contribution in [3.05, 3.63) is 59.4 Å². The van der Waals surface area contributed by atoms with Gasteiger partial charge in [-0.25, -0.2) is 4.98 Å². The Morgan fingerprint density at radius 1 is 0.897 bits per heavy atom. The molecular formula is C23H20ClN3O2. The van der Waals surface area contributed by atoms with Gasteiger partial charge in [-0.2, -0.15) is 4.98 Å². The van der Waals surface area contributed by atoms with Crippen molar-refractivity contribution in [2.75, 3.05) is 19.5 Å². The minimum Gasteiger partial charge on any atom is -0.493 e. The quantitative estimate of drug-likeness (QED) is 0.408. The molecule has 1 aliphatic carbocycles. The summed E-state index contributed by atoms with van der Waals surface area (Å²) in [5, 5.41) is 6.90. The number of nitrogens with one attached hydrogen (secondary N) is 1. The van der Waals surface area contributed by atoms with Crippen molar-refractivity contribution in [3.8, 4) is 11.5 Å². The van der Waals surface area contributed by atoms with Crippen LogP contribution in [-0.4, -0.2) is 24.2 Å². The molecule has 5 nitrogen and oxygen atoms in total. The van der Waals surface area contributed by atoms with Crippen molar-refractivity contribution >= 4 is 44.8 Å². The van der Waals surface area contributed by atoms with E-state index >= 15 is 0 Å². The van der Waals surface area contributed by atoms with Gasteiger partial charge in [0.15, 0.2) is 11.5 Å². The highest BCUT2D eigenvalue weighted by Crippen LogP contribution is 2.45. The molecule has 3 aromatic carbocycles. The molecule has 0 amide bonds. The van der Waals surface area contributed by atoms with E-state index in [0.29, 0.717) is 28.8 Å². The van der Waals surface area contributed by atoms with Gasteiger partial charge < -0.3 is 14.8 Å². The number of ether oxygens (including phenoxy) is 2. The topological polar surface area (TPSA) is 56.3 Å². The molecule has 0 aliphatic heterocycles. The Kier molecular flexibility index (Phi) is 4.40. The lowest BCUT2D eigenvalue weighted by Crippen LogP contribution is -2.00. The van der Waals surface area contributed by atoms with Gasteiger partial charge in [-0.15, -0.1) is 0 Å². The number of aromatic nitrogens is 2. The molecule has 1 N–H and O–H groups in total. The zero-order valence-electron chi connectivity index (χ0n) is 16.2. The molecule has 0 atom stereocenters. The van der Waals surface area contributed by atoms with Crippen LogP contribution < -0.4 is 14.8 Å². The molecule has 146 valence electrons. The summed E-state index contributed by atoms with van der Waals surface area (Å²) in [5.74, 6) is 2.52. The van der Waals surface area contributed by atoms with Gasteiger partial charge in [-0.1, -0.05) is 30.3 Å². The van der Waals surface area contributed by atoms with Crippen LogP contribution in [-0.2, 0) is 0 Å². The van der Waals surface area contributed by atoms with Crippen molar-refractivity contribution in [2.24, 2.45) is 0 Å². The van der Waals surface area contributed by atoms with Crippen LogP contribution in [0, 0.1) is 0 Å². The molecule has 1 aliphatic rings. The largest absolute Gasteiger partial charge is 0.493 e. The van der Waals surface area contributed by atoms with Gasteiger partial charge in [0.2, 0.25) is 5.28 Å². The van der Waals surface area contributed by atoms with E-state index in [0.717, 1.165) is 11.1 Å². The minimum absolute atomic E-state index is 0.172. The molecule has 6 heteroatoms. The first-order chi connectivity index (χ1) is 14.2. The van der Waals surface area contributed by atoms with Crippen molar-refractivity contribution in [3.63, 3.8) is 0 Å². The lowest BCUT2D eigenvalue weighted by Gasteiger charge is -2.15. The Labute approximate surface area is 173 Å². The molecule has 1 aromatic heterocycles. The molecule has 5 rings (SSSR count). The zero-order chi connectivity index (χ0) is 20.0. The Bertz CT molecular complexity index is 1240. The first kappa shape index (κ1) is 18.0. The summed E-state index contributed by atoms with van der Waals surface area (Å²) in [6.45, 7) is 0. The normalized spacial score (nSPS) is 13.6. The minimum atomic E-state index is 0.172. The van der Waals surface area contributed by atoms with Crippen LogP contribution in [0.4, 0.5) is 11.5 Å². The molecule has 4 aromatic rings. The maximum atomic E-state index is 6.22.